The highest BCUT2D eigenvalue weighted by atomic mass is 15.1. The highest BCUT2D eigenvalue weighted by molar-refractivity contribution is 6.17. The van der Waals surface area contributed by atoms with Crippen LogP contribution in [0.25, 0.3) is 77.2 Å². The Hall–Kier alpha value is -7.56. The Labute approximate surface area is 342 Å². The molecule has 0 unspecified atom stereocenters. The van der Waals surface area contributed by atoms with Gasteiger partial charge in [0, 0.05) is 10.8 Å². The molecule has 4 nitrogen and oxygen atoms in total. The summed E-state index contributed by atoms with van der Waals surface area (Å²) in [6.45, 7) is 4.22. The van der Waals surface area contributed by atoms with E-state index < -0.39 is 5.41 Å². The first-order valence-corrected chi connectivity index (χ1v) is 20.3. The van der Waals surface area contributed by atoms with Gasteiger partial charge < -0.3 is 0 Å². The molecular formula is C55H38N4. The fraction of sp³-hybridized carbons (Fsp3) is 0.0545. The van der Waals surface area contributed by atoms with E-state index in [1.807, 2.05) is 0 Å². The van der Waals surface area contributed by atoms with Gasteiger partial charge in [0.2, 0.25) is 0 Å². The third-order valence-electron chi connectivity index (χ3n) is 12.7. The number of hydrogen-bond donors (Lipinski definition) is 0. The van der Waals surface area contributed by atoms with Gasteiger partial charge in [-0.1, -0.05) is 146 Å². The van der Waals surface area contributed by atoms with Crippen molar-refractivity contribution >= 4 is 43.6 Å². The first-order chi connectivity index (χ1) is 29.1. The van der Waals surface area contributed by atoms with Crippen molar-refractivity contribution in [2.24, 2.45) is 0 Å². The number of rotatable bonds is 5. The van der Waals surface area contributed by atoms with Gasteiger partial charge in [0.05, 0.1) is 38.9 Å². The van der Waals surface area contributed by atoms with Crippen LogP contribution in [0.1, 0.15) is 33.9 Å². The maximum absolute atomic E-state index is 5.02. The van der Waals surface area contributed by atoms with Gasteiger partial charge in [-0.25, -0.2) is 9.97 Å². The molecule has 1 aliphatic rings. The molecule has 0 atom stereocenters. The summed E-state index contributed by atoms with van der Waals surface area (Å²) < 4.78 is 4.64. The summed E-state index contributed by atoms with van der Waals surface area (Å²) in [5, 5.41) is 4.72. The summed E-state index contributed by atoms with van der Waals surface area (Å²) in [6.07, 6.45) is 0. The van der Waals surface area contributed by atoms with Gasteiger partial charge in [0.1, 0.15) is 11.6 Å². The van der Waals surface area contributed by atoms with Crippen LogP contribution in [0.2, 0.25) is 0 Å². The maximum atomic E-state index is 5.02. The zero-order valence-electron chi connectivity index (χ0n) is 32.8. The maximum Gasteiger partial charge on any atom is 0.111 e. The third kappa shape index (κ3) is 4.71. The van der Waals surface area contributed by atoms with Gasteiger partial charge in [-0.05, 0) is 118 Å². The molecule has 12 rings (SSSR count). The van der Waals surface area contributed by atoms with E-state index in [0.29, 0.717) is 0 Å². The molecule has 0 fully saturated rings. The number of aromatic nitrogens is 4. The van der Waals surface area contributed by atoms with Crippen molar-refractivity contribution in [3.63, 3.8) is 0 Å². The molecule has 0 bridgehead atoms. The average molecular weight is 755 g/mol. The lowest BCUT2D eigenvalue weighted by Gasteiger charge is -2.33. The van der Waals surface area contributed by atoms with Crippen molar-refractivity contribution in [2.75, 3.05) is 0 Å². The van der Waals surface area contributed by atoms with Crippen LogP contribution in [0.4, 0.5) is 0 Å². The molecule has 0 spiro atoms. The fourth-order valence-corrected chi connectivity index (χ4v) is 10.3. The normalized spacial score (nSPS) is 13.1. The minimum Gasteiger partial charge on any atom is -0.296 e. The number of imidazole rings is 2. The standard InChI is InChI=1S/C55H38N4/c1-35-56-48-25-11-13-27-52(48)58(35)50-29-15-22-41-44(50)34-45-42(23-16-30-51(45)59-36(2)57-49-26-12-14-28-53(49)59)54(41)37-31-32-47-43(33-37)40-21-9-10-24-46(40)55(47,38-17-5-3-6-18-38)39-19-7-4-8-20-39/h3-34H,1-2H3. The van der Waals surface area contributed by atoms with E-state index in [1.54, 1.807) is 0 Å². The minimum absolute atomic E-state index is 0.464. The van der Waals surface area contributed by atoms with Crippen LogP contribution in [0.3, 0.4) is 0 Å². The van der Waals surface area contributed by atoms with Gasteiger partial charge in [-0.15, -0.1) is 0 Å². The van der Waals surface area contributed by atoms with Crippen LogP contribution in [-0.2, 0) is 5.41 Å². The number of nitrogens with zero attached hydrogens (tertiary/aromatic N) is 4. The van der Waals surface area contributed by atoms with Gasteiger partial charge in [-0.3, -0.25) is 9.13 Å². The van der Waals surface area contributed by atoms with E-state index in [4.69, 9.17) is 9.97 Å². The van der Waals surface area contributed by atoms with Crippen molar-refractivity contribution < 1.29 is 0 Å². The van der Waals surface area contributed by atoms with Gasteiger partial charge in [0.15, 0.2) is 0 Å². The van der Waals surface area contributed by atoms with Crippen LogP contribution in [-0.4, -0.2) is 19.1 Å². The Balaban J connectivity index is 1.20. The average Bonchev–Trinajstić information content (AvgIpc) is 3.91. The highest BCUT2D eigenvalue weighted by Gasteiger charge is 2.46. The van der Waals surface area contributed by atoms with E-state index in [1.165, 1.54) is 66.1 Å². The molecule has 11 aromatic rings. The summed E-state index contributed by atoms with van der Waals surface area (Å²) in [7, 11) is 0. The lowest BCUT2D eigenvalue weighted by molar-refractivity contribution is 0.768. The quantitative estimate of drug-likeness (QED) is 0.164. The van der Waals surface area contributed by atoms with E-state index in [0.717, 1.165) is 45.1 Å². The highest BCUT2D eigenvalue weighted by Crippen LogP contribution is 2.57. The van der Waals surface area contributed by atoms with E-state index in [2.05, 4.69) is 217 Å². The molecule has 9 aromatic carbocycles. The molecule has 2 aromatic heterocycles. The lowest BCUT2D eigenvalue weighted by Crippen LogP contribution is -2.28. The topological polar surface area (TPSA) is 35.6 Å². The van der Waals surface area contributed by atoms with Crippen molar-refractivity contribution in [2.45, 2.75) is 19.3 Å². The fourth-order valence-electron chi connectivity index (χ4n) is 10.3. The SMILES string of the molecule is Cc1nc2ccccc2n1-c1cccc2c(-c3ccc4c(c3)-c3ccccc3C4(c3ccccc3)c3ccccc3)c3cccc(-n4c(C)nc5ccccc54)c3cc12. The van der Waals surface area contributed by atoms with Gasteiger partial charge in [0.25, 0.3) is 0 Å². The molecule has 278 valence electrons. The molecule has 0 saturated carbocycles. The summed E-state index contributed by atoms with van der Waals surface area (Å²) in [6, 6.07) is 71.1. The van der Waals surface area contributed by atoms with E-state index >= 15 is 0 Å². The Kier molecular flexibility index (Phi) is 7.24. The smallest absolute Gasteiger partial charge is 0.111 e. The molecule has 59 heavy (non-hydrogen) atoms. The molecule has 0 N–H and O–H groups in total. The predicted octanol–water partition coefficient (Wildman–Crippen LogP) is 13.3. The second-order valence-electron chi connectivity index (χ2n) is 15.8. The number of fused-ring (bicyclic) bond motifs is 7. The van der Waals surface area contributed by atoms with Crippen molar-refractivity contribution in [1.29, 1.82) is 0 Å². The number of benzene rings is 9. The molecule has 4 heteroatoms. The Morgan fingerprint density at radius 2 is 0.881 bits per heavy atom. The van der Waals surface area contributed by atoms with Crippen LogP contribution in [0.15, 0.2) is 194 Å². The Morgan fingerprint density at radius 1 is 0.390 bits per heavy atom. The first kappa shape index (κ1) is 33.6. The lowest BCUT2D eigenvalue weighted by atomic mass is 9.67. The molecular weight excluding hydrogens is 717 g/mol. The van der Waals surface area contributed by atoms with Crippen LogP contribution in [0, 0.1) is 13.8 Å². The molecule has 0 radical (unpaired) electrons. The van der Waals surface area contributed by atoms with Gasteiger partial charge in [-0.2, -0.15) is 0 Å². The van der Waals surface area contributed by atoms with E-state index in [9.17, 15) is 0 Å². The largest absolute Gasteiger partial charge is 0.296 e. The summed E-state index contributed by atoms with van der Waals surface area (Å²) >= 11 is 0. The second kappa shape index (κ2) is 12.7. The van der Waals surface area contributed by atoms with Crippen LogP contribution < -0.4 is 0 Å². The molecule has 0 aliphatic heterocycles. The van der Waals surface area contributed by atoms with Crippen LogP contribution >= 0.6 is 0 Å². The number of para-hydroxylation sites is 4. The Bertz CT molecular complexity index is 3290. The third-order valence-corrected chi connectivity index (χ3v) is 12.7. The van der Waals surface area contributed by atoms with Gasteiger partial charge >= 0.3 is 0 Å². The predicted molar refractivity (Wildman–Crippen MR) is 243 cm³/mol. The van der Waals surface area contributed by atoms with Crippen LogP contribution in [0.5, 0.6) is 0 Å². The zero-order chi connectivity index (χ0) is 39.2. The van der Waals surface area contributed by atoms with Crippen molar-refractivity contribution in [3.8, 4) is 33.6 Å². The molecule has 2 heterocycles. The van der Waals surface area contributed by atoms with E-state index in [-0.39, 0.29) is 0 Å². The van der Waals surface area contributed by atoms with Crippen molar-refractivity contribution in [3.05, 3.63) is 228 Å². The number of aryl methyl sites for hydroxylation is 2. The second-order valence-corrected chi connectivity index (χ2v) is 15.8. The summed E-state index contributed by atoms with van der Waals surface area (Å²) in [5.41, 5.74) is 16.0. The first-order valence-electron chi connectivity index (χ1n) is 20.3. The van der Waals surface area contributed by atoms with Crippen molar-refractivity contribution in [1.82, 2.24) is 19.1 Å². The molecule has 0 amide bonds. The minimum atomic E-state index is -0.464. The Morgan fingerprint density at radius 3 is 1.46 bits per heavy atom. The molecule has 1 aliphatic carbocycles. The number of hydrogen-bond acceptors (Lipinski definition) is 2. The summed E-state index contributed by atoms with van der Waals surface area (Å²) in [4.78, 5) is 10.0. The monoisotopic (exact) mass is 754 g/mol. The summed E-state index contributed by atoms with van der Waals surface area (Å²) in [5.74, 6) is 1.91. The molecule has 0 saturated heterocycles. The zero-order valence-corrected chi connectivity index (χ0v) is 32.8.